The zero-order chi connectivity index (χ0) is 17.6. The van der Waals surface area contributed by atoms with Gasteiger partial charge >= 0.3 is 0 Å². The molecule has 0 aromatic carbocycles. The van der Waals surface area contributed by atoms with Crippen molar-refractivity contribution in [2.45, 2.75) is 71.0 Å². The molecular weight excluding hydrogens is 316 g/mol. The first kappa shape index (κ1) is 18.4. The molecule has 2 aliphatic rings. The number of nitrogens with one attached hydrogen (secondary N) is 1. The largest absolute Gasteiger partial charge is 0.444 e. The van der Waals surface area contributed by atoms with Crippen LogP contribution in [0.1, 0.15) is 57.1 Å². The van der Waals surface area contributed by atoms with Crippen LogP contribution in [0.3, 0.4) is 0 Å². The molecule has 1 saturated carbocycles. The smallest absolute Gasteiger partial charge is 0.220 e. The minimum absolute atomic E-state index is 0.100. The predicted molar refractivity (Wildman–Crippen MR) is 97.2 cm³/mol. The summed E-state index contributed by atoms with van der Waals surface area (Å²) in [4.78, 5) is 20.7. The van der Waals surface area contributed by atoms with Crippen molar-refractivity contribution in [2.24, 2.45) is 0 Å². The summed E-state index contributed by atoms with van der Waals surface area (Å²) in [5.74, 6) is 1.52. The Morgan fingerprint density at radius 3 is 2.84 bits per heavy atom. The topological polar surface area (TPSA) is 61.6 Å². The molecule has 1 aromatic heterocycles. The molecule has 0 bridgehead atoms. The molecule has 1 aliphatic carbocycles. The SMILES string of the molecule is CC(=O)N(Cc1ncc(C)o1)[C@@H]1CCN(CCNC2CCCCC2)C1. The molecule has 6 nitrogen and oxygen atoms in total. The van der Waals surface area contributed by atoms with E-state index in [0.29, 0.717) is 18.5 Å². The zero-order valence-corrected chi connectivity index (χ0v) is 15.7. The number of hydrogen-bond donors (Lipinski definition) is 1. The minimum atomic E-state index is 0.100. The summed E-state index contributed by atoms with van der Waals surface area (Å²) in [6.45, 7) is 8.13. The summed E-state index contributed by atoms with van der Waals surface area (Å²) in [7, 11) is 0. The Balaban J connectivity index is 1.43. The third-order valence-electron chi connectivity index (χ3n) is 5.53. The molecule has 1 aliphatic heterocycles. The Labute approximate surface area is 151 Å². The van der Waals surface area contributed by atoms with Crippen molar-refractivity contribution >= 4 is 5.91 Å². The van der Waals surface area contributed by atoms with Gasteiger partial charge in [-0.1, -0.05) is 19.3 Å². The van der Waals surface area contributed by atoms with E-state index in [2.05, 4.69) is 15.2 Å². The molecule has 1 saturated heterocycles. The quantitative estimate of drug-likeness (QED) is 0.819. The van der Waals surface area contributed by atoms with Crippen molar-refractivity contribution in [1.29, 1.82) is 0 Å². The Morgan fingerprint density at radius 1 is 1.36 bits per heavy atom. The maximum atomic E-state index is 12.1. The van der Waals surface area contributed by atoms with Gasteiger partial charge in [0.1, 0.15) is 5.76 Å². The second-order valence-electron chi connectivity index (χ2n) is 7.54. The number of carbonyl (C=O) groups is 1. The lowest BCUT2D eigenvalue weighted by Gasteiger charge is -2.27. The maximum absolute atomic E-state index is 12.1. The van der Waals surface area contributed by atoms with Crippen LogP contribution in [-0.2, 0) is 11.3 Å². The highest BCUT2D eigenvalue weighted by atomic mass is 16.4. The number of aromatic nitrogens is 1. The molecule has 25 heavy (non-hydrogen) atoms. The first-order valence-corrected chi connectivity index (χ1v) is 9.76. The summed E-state index contributed by atoms with van der Waals surface area (Å²) >= 11 is 0. The highest BCUT2D eigenvalue weighted by Gasteiger charge is 2.30. The molecule has 0 spiro atoms. The van der Waals surface area contributed by atoms with Crippen molar-refractivity contribution in [1.82, 2.24) is 20.1 Å². The van der Waals surface area contributed by atoms with Gasteiger partial charge < -0.3 is 14.6 Å². The van der Waals surface area contributed by atoms with Crippen LogP contribution in [0.2, 0.25) is 0 Å². The fourth-order valence-corrected chi connectivity index (χ4v) is 4.12. The Morgan fingerprint density at radius 2 is 2.16 bits per heavy atom. The van der Waals surface area contributed by atoms with Gasteiger partial charge in [-0.15, -0.1) is 0 Å². The van der Waals surface area contributed by atoms with Crippen molar-refractivity contribution in [2.75, 3.05) is 26.2 Å². The van der Waals surface area contributed by atoms with E-state index in [-0.39, 0.29) is 11.9 Å². The van der Waals surface area contributed by atoms with Crippen molar-refractivity contribution in [3.05, 3.63) is 17.8 Å². The molecule has 1 atom stereocenters. The van der Waals surface area contributed by atoms with Crippen LogP contribution in [0.4, 0.5) is 0 Å². The number of likely N-dealkylation sites (tertiary alicyclic amines) is 1. The molecular formula is C19H32N4O2. The first-order valence-electron chi connectivity index (χ1n) is 9.76. The standard InChI is InChI=1S/C19H32N4O2/c1-15-12-21-19(25-15)14-23(16(2)24)18-8-10-22(13-18)11-9-20-17-6-4-3-5-7-17/h12,17-18,20H,3-11,13-14H2,1-2H3/t18-/m1/s1. The molecule has 0 unspecified atom stereocenters. The number of rotatable bonds is 7. The summed E-state index contributed by atoms with van der Waals surface area (Å²) in [6.07, 6.45) is 9.55. The fraction of sp³-hybridized carbons (Fsp3) is 0.789. The summed E-state index contributed by atoms with van der Waals surface area (Å²) in [5, 5.41) is 3.71. The van der Waals surface area contributed by atoms with Crippen LogP contribution < -0.4 is 5.32 Å². The van der Waals surface area contributed by atoms with Gasteiger partial charge in [-0.2, -0.15) is 0 Å². The van der Waals surface area contributed by atoms with Crippen molar-refractivity contribution < 1.29 is 9.21 Å². The molecule has 1 aromatic rings. The van der Waals surface area contributed by atoms with Gasteiger partial charge in [0.2, 0.25) is 11.8 Å². The van der Waals surface area contributed by atoms with Gasteiger partial charge in [0.05, 0.1) is 12.7 Å². The van der Waals surface area contributed by atoms with Crippen LogP contribution in [0, 0.1) is 6.92 Å². The molecule has 6 heteroatoms. The van der Waals surface area contributed by atoms with Crippen LogP contribution in [0.25, 0.3) is 0 Å². The van der Waals surface area contributed by atoms with Crippen LogP contribution in [0.15, 0.2) is 10.6 Å². The van der Waals surface area contributed by atoms with Gasteiger partial charge in [0.15, 0.2) is 0 Å². The monoisotopic (exact) mass is 348 g/mol. The molecule has 2 fully saturated rings. The summed E-state index contributed by atoms with van der Waals surface area (Å²) in [5.41, 5.74) is 0. The Bertz CT molecular complexity index is 553. The molecule has 2 heterocycles. The van der Waals surface area contributed by atoms with E-state index in [0.717, 1.165) is 38.4 Å². The number of aryl methyl sites for hydroxylation is 1. The van der Waals surface area contributed by atoms with Gasteiger partial charge in [0, 0.05) is 45.2 Å². The lowest BCUT2D eigenvalue weighted by molar-refractivity contribution is -0.132. The predicted octanol–water partition coefficient (Wildman–Crippen LogP) is 2.33. The molecule has 1 amide bonds. The molecule has 0 radical (unpaired) electrons. The normalized spacial score (nSPS) is 22.4. The first-order chi connectivity index (χ1) is 12.1. The Hall–Kier alpha value is -1.40. The number of amides is 1. The number of nitrogens with zero attached hydrogens (tertiary/aromatic N) is 3. The second kappa shape index (κ2) is 8.81. The average Bonchev–Trinajstić information content (AvgIpc) is 3.22. The van der Waals surface area contributed by atoms with E-state index < -0.39 is 0 Å². The third kappa shape index (κ3) is 5.28. The summed E-state index contributed by atoms with van der Waals surface area (Å²) < 4.78 is 5.55. The Kier molecular flexibility index (Phi) is 6.48. The zero-order valence-electron chi connectivity index (χ0n) is 15.7. The van der Waals surface area contributed by atoms with E-state index in [4.69, 9.17) is 4.42 Å². The van der Waals surface area contributed by atoms with Gasteiger partial charge in [-0.25, -0.2) is 4.98 Å². The van der Waals surface area contributed by atoms with Gasteiger partial charge in [-0.05, 0) is 26.2 Å². The van der Waals surface area contributed by atoms with Gasteiger partial charge in [-0.3, -0.25) is 9.69 Å². The van der Waals surface area contributed by atoms with E-state index >= 15 is 0 Å². The van der Waals surface area contributed by atoms with Crippen molar-refractivity contribution in [3.8, 4) is 0 Å². The third-order valence-corrected chi connectivity index (χ3v) is 5.53. The maximum Gasteiger partial charge on any atom is 0.220 e. The van der Waals surface area contributed by atoms with E-state index in [1.54, 1.807) is 13.1 Å². The fourth-order valence-electron chi connectivity index (χ4n) is 4.12. The van der Waals surface area contributed by atoms with E-state index in [1.165, 1.54) is 32.1 Å². The second-order valence-corrected chi connectivity index (χ2v) is 7.54. The lowest BCUT2D eigenvalue weighted by atomic mass is 9.95. The average molecular weight is 348 g/mol. The number of carbonyl (C=O) groups excluding carboxylic acids is 1. The molecule has 1 N–H and O–H groups in total. The lowest BCUT2D eigenvalue weighted by Crippen LogP contribution is -2.42. The summed E-state index contributed by atoms with van der Waals surface area (Å²) in [6, 6.07) is 0.980. The van der Waals surface area contributed by atoms with Crippen LogP contribution in [0.5, 0.6) is 0 Å². The van der Waals surface area contributed by atoms with E-state index in [1.807, 2.05) is 11.8 Å². The molecule has 3 rings (SSSR count). The van der Waals surface area contributed by atoms with Gasteiger partial charge in [0.25, 0.3) is 0 Å². The highest BCUT2D eigenvalue weighted by molar-refractivity contribution is 5.73. The van der Waals surface area contributed by atoms with Crippen LogP contribution >= 0.6 is 0 Å². The minimum Gasteiger partial charge on any atom is -0.444 e. The van der Waals surface area contributed by atoms with Crippen molar-refractivity contribution in [3.63, 3.8) is 0 Å². The molecule has 140 valence electrons. The number of hydrogen-bond acceptors (Lipinski definition) is 5. The highest BCUT2D eigenvalue weighted by Crippen LogP contribution is 2.19. The van der Waals surface area contributed by atoms with E-state index in [9.17, 15) is 4.79 Å². The van der Waals surface area contributed by atoms with Crippen LogP contribution in [-0.4, -0.2) is 59.0 Å². The number of oxazole rings is 1.